The van der Waals surface area contributed by atoms with Gasteiger partial charge < -0.3 is 14.3 Å². The molecule has 0 bridgehead atoms. The Labute approximate surface area is 125 Å². The molecule has 0 saturated carbocycles. The molecule has 1 saturated heterocycles. The molecule has 0 aromatic heterocycles. The third kappa shape index (κ3) is 5.02. The average Bonchev–Trinajstić information content (AvgIpc) is 2.67. The minimum absolute atomic E-state index is 0.400. The number of hydrogen-bond acceptors (Lipinski definition) is 5. The van der Waals surface area contributed by atoms with Gasteiger partial charge in [0.05, 0.1) is 6.04 Å². The zero-order valence-electron chi connectivity index (χ0n) is 13.6. The molecule has 6 heteroatoms. The first-order valence-corrected chi connectivity index (χ1v) is 7.14. The van der Waals surface area contributed by atoms with Gasteiger partial charge in [0.15, 0.2) is 0 Å². The van der Waals surface area contributed by atoms with Crippen molar-refractivity contribution in [2.45, 2.75) is 77.7 Å². The van der Waals surface area contributed by atoms with Gasteiger partial charge in [-0.05, 0) is 54.4 Å². The fraction of sp³-hybridized carbons (Fsp3) is 0.800. The SMILES string of the molecule is CC(C)(C)OC(=O)[C@@H]1CC[C@@H](C=O)N1C(=O)OC(C)(C)C. The van der Waals surface area contributed by atoms with Gasteiger partial charge >= 0.3 is 12.1 Å². The van der Waals surface area contributed by atoms with Gasteiger partial charge in [-0.25, -0.2) is 9.59 Å². The number of hydrogen-bond donors (Lipinski definition) is 0. The molecule has 1 amide bonds. The molecule has 0 aromatic carbocycles. The second-order valence-corrected chi connectivity index (χ2v) is 7.22. The third-order valence-corrected chi connectivity index (χ3v) is 2.87. The molecule has 1 aliphatic heterocycles. The summed E-state index contributed by atoms with van der Waals surface area (Å²) in [5, 5.41) is 0. The van der Waals surface area contributed by atoms with Crippen molar-refractivity contribution in [2.24, 2.45) is 0 Å². The highest BCUT2D eigenvalue weighted by Crippen LogP contribution is 2.27. The first-order valence-electron chi connectivity index (χ1n) is 7.14. The molecule has 1 fully saturated rings. The summed E-state index contributed by atoms with van der Waals surface area (Å²) >= 11 is 0. The van der Waals surface area contributed by atoms with Crippen LogP contribution in [0.3, 0.4) is 0 Å². The molecule has 0 N–H and O–H groups in total. The van der Waals surface area contributed by atoms with E-state index in [0.717, 1.165) is 0 Å². The summed E-state index contributed by atoms with van der Waals surface area (Å²) in [5.41, 5.74) is -1.33. The predicted octanol–water partition coefficient (Wildman–Crippen LogP) is 2.30. The second kappa shape index (κ2) is 6.03. The maximum Gasteiger partial charge on any atom is 0.411 e. The van der Waals surface area contributed by atoms with Crippen molar-refractivity contribution < 1.29 is 23.9 Å². The maximum absolute atomic E-state index is 12.2. The van der Waals surface area contributed by atoms with Gasteiger partial charge in [-0.2, -0.15) is 0 Å². The third-order valence-electron chi connectivity index (χ3n) is 2.87. The van der Waals surface area contributed by atoms with Crippen LogP contribution in [0.5, 0.6) is 0 Å². The van der Waals surface area contributed by atoms with Crippen LogP contribution < -0.4 is 0 Å². The lowest BCUT2D eigenvalue weighted by molar-refractivity contribution is -0.160. The Balaban J connectivity index is 2.90. The van der Waals surface area contributed by atoms with Crippen molar-refractivity contribution in [1.82, 2.24) is 4.90 Å². The molecule has 1 heterocycles. The largest absolute Gasteiger partial charge is 0.458 e. The van der Waals surface area contributed by atoms with Gasteiger partial charge in [-0.1, -0.05) is 0 Å². The van der Waals surface area contributed by atoms with E-state index in [2.05, 4.69) is 0 Å². The molecule has 2 atom stereocenters. The molecule has 120 valence electrons. The summed E-state index contributed by atoms with van der Waals surface area (Å²) in [6.45, 7) is 10.5. The van der Waals surface area contributed by atoms with Crippen LogP contribution in [0.15, 0.2) is 0 Å². The number of carbonyl (C=O) groups excluding carboxylic acids is 3. The van der Waals surface area contributed by atoms with E-state index < -0.39 is 35.3 Å². The van der Waals surface area contributed by atoms with Crippen molar-refractivity contribution in [1.29, 1.82) is 0 Å². The minimum atomic E-state index is -0.769. The molecule has 0 aromatic rings. The van der Waals surface area contributed by atoms with E-state index in [-0.39, 0.29) is 0 Å². The summed E-state index contributed by atoms with van der Waals surface area (Å²) in [7, 11) is 0. The summed E-state index contributed by atoms with van der Waals surface area (Å²) in [6, 6.07) is -1.41. The van der Waals surface area contributed by atoms with Gasteiger partial charge in [-0.3, -0.25) is 4.90 Å². The molecule has 0 aliphatic carbocycles. The molecule has 6 nitrogen and oxygen atoms in total. The van der Waals surface area contributed by atoms with E-state index in [1.807, 2.05) is 0 Å². The summed E-state index contributed by atoms with van der Waals surface area (Å²) in [6.07, 6.45) is 0.853. The minimum Gasteiger partial charge on any atom is -0.458 e. The molecular weight excluding hydrogens is 274 g/mol. The average molecular weight is 299 g/mol. The highest BCUT2D eigenvalue weighted by Gasteiger charge is 2.44. The van der Waals surface area contributed by atoms with Crippen LogP contribution in [0.2, 0.25) is 0 Å². The summed E-state index contributed by atoms with van der Waals surface area (Å²) in [4.78, 5) is 36.8. The van der Waals surface area contributed by atoms with Crippen LogP contribution in [0.25, 0.3) is 0 Å². The van der Waals surface area contributed by atoms with Crippen molar-refractivity contribution in [3.05, 3.63) is 0 Å². The van der Waals surface area contributed by atoms with Crippen LogP contribution >= 0.6 is 0 Å². The predicted molar refractivity (Wildman–Crippen MR) is 76.8 cm³/mol. The van der Waals surface area contributed by atoms with E-state index in [4.69, 9.17) is 9.47 Å². The van der Waals surface area contributed by atoms with E-state index in [1.54, 1.807) is 41.5 Å². The number of likely N-dealkylation sites (tertiary alicyclic amines) is 1. The number of ether oxygens (including phenoxy) is 2. The zero-order valence-corrected chi connectivity index (χ0v) is 13.6. The van der Waals surface area contributed by atoms with E-state index >= 15 is 0 Å². The number of nitrogens with zero attached hydrogens (tertiary/aromatic N) is 1. The fourth-order valence-electron chi connectivity index (χ4n) is 2.15. The Morgan fingerprint density at radius 3 is 1.95 bits per heavy atom. The quantitative estimate of drug-likeness (QED) is 0.578. The molecular formula is C15H25NO5. The molecule has 0 spiro atoms. The van der Waals surface area contributed by atoms with Crippen molar-refractivity contribution in [3.63, 3.8) is 0 Å². The van der Waals surface area contributed by atoms with Crippen LogP contribution in [0.4, 0.5) is 4.79 Å². The highest BCUT2D eigenvalue weighted by atomic mass is 16.6. The summed E-state index contributed by atoms with van der Waals surface area (Å²) in [5.74, 6) is -0.502. The van der Waals surface area contributed by atoms with Crippen LogP contribution in [-0.2, 0) is 19.1 Å². The van der Waals surface area contributed by atoms with Crippen molar-refractivity contribution in [2.75, 3.05) is 0 Å². The molecule has 1 aliphatic rings. The first kappa shape index (κ1) is 17.5. The smallest absolute Gasteiger partial charge is 0.411 e. The topological polar surface area (TPSA) is 72.9 Å². The van der Waals surface area contributed by atoms with Gasteiger partial charge in [0.1, 0.15) is 23.5 Å². The first-order chi connectivity index (χ1) is 9.44. The number of amides is 1. The number of rotatable bonds is 2. The monoisotopic (exact) mass is 299 g/mol. The van der Waals surface area contributed by atoms with Crippen LogP contribution in [0.1, 0.15) is 54.4 Å². The molecule has 0 radical (unpaired) electrons. The van der Waals surface area contributed by atoms with Gasteiger partial charge in [0, 0.05) is 0 Å². The Morgan fingerprint density at radius 1 is 1.00 bits per heavy atom. The maximum atomic E-state index is 12.2. The van der Waals surface area contributed by atoms with Crippen LogP contribution in [0, 0.1) is 0 Å². The molecule has 21 heavy (non-hydrogen) atoms. The Bertz CT molecular complexity index is 419. The lowest BCUT2D eigenvalue weighted by Crippen LogP contribution is -2.49. The Kier molecular flexibility index (Phi) is 5.02. The number of carbonyl (C=O) groups is 3. The lowest BCUT2D eigenvalue weighted by Gasteiger charge is -2.31. The summed E-state index contributed by atoms with van der Waals surface area (Å²) < 4.78 is 10.6. The highest BCUT2D eigenvalue weighted by molar-refractivity contribution is 5.85. The van der Waals surface area contributed by atoms with Gasteiger partial charge in [-0.15, -0.1) is 0 Å². The zero-order chi connectivity index (χ0) is 16.4. The van der Waals surface area contributed by atoms with E-state index in [1.165, 1.54) is 4.90 Å². The van der Waals surface area contributed by atoms with Crippen molar-refractivity contribution in [3.8, 4) is 0 Å². The normalized spacial score (nSPS) is 22.9. The number of esters is 1. The van der Waals surface area contributed by atoms with E-state index in [9.17, 15) is 14.4 Å². The van der Waals surface area contributed by atoms with Gasteiger partial charge in [0.2, 0.25) is 0 Å². The Morgan fingerprint density at radius 2 is 1.52 bits per heavy atom. The van der Waals surface area contributed by atoms with Crippen molar-refractivity contribution >= 4 is 18.3 Å². The standard InChI is InChI=1S/C15H25NO5/c1-14(2,3)20-12(18)11-8-7-10(9-17)16(11)13(19)21-15(4,5)6/h9-11H,7-8H2,1-6H3/t10-,11-/m0/s1. The lowest BCUT2D eigenvalue weighted by atomic mass is 10.1. The molecule has 0 unspecified atom stereocenters. The second-order valence-electron chi connectivity index (χ2n) is 7.22. The Hall–Kier alpha value is -1.59. The fourth-order valence-corrected chi connectivity index (χ4v) is 2.15. The van der Waals surface area contributed by atoms with Gasteiger partial charge in [0.25, 0.3) is 0 Å². The van der Waals surface area contributed by atoms with Crippen LogP contribution in [-0.4, -0.2) is 46.5 Å². The molecule has 1 rings (SSSR count). The number of aldehydes is 1. The van der Waals surface area contributed by atoms with E-state index in [0.29, 0.717) is 19.1 Å².